The van der Waals surface area contributed by atoms with Crippen LogP contribution < -0.4 is 0 Å². The molecule has 0 saturated carbocycles. The lowest BCUT2D eigenvalue weighted by Crippen LogP contribution is -1.92. The summed E-state index contributed by atoms with van der Waals surface area (Å²) < 4.78 is 44.2. The Morgan fingerprint density at radius 1 is 1.00 bits per heavy atom. The fourth-order valence-corrected chi connectivity index (χ4v) is 1.83. The first kappa shape index (κ1) is 11.6. The van der Waals surface area contributed by atoms with Crippen molar-refractivity contribution in [3.05, 3.63) is 47.8 Å². The van der Waals surface area contributed by atoms with Gasteiger partial charge in [-0.1, -0.05) is 5.16 Å². The van der Waals surface area contributed by atoms with Crippen LogP contribution in [0.5, 0.6) is 5.75 Å². The fourth-order valence-electron chi connectivity index (χ4n) is 1.83. The van der Waals surface area contributed by atoms with E-state index < -0.39 is 17.5 Å². The van der Waals surface area contributed by atoms with Crippen LogP contribution >= 0.6 is 0 Å². The molecule has 2 aromatic carbocycles. The number of aromatic nitrogens is 1. The van der Waals surface area contributed by atoms with Gasteiger partial charge in [0.25, 0.3) is 0 Å². The molecule has 0 amide bonds. The number of phenolic OH excluding ortho intramolecular Hbond substituents is 1. The third-order valence-corrected chi connectivity index (χ3v) is 2.71. The number of fused-ring (bicyclic) bond motifs is 1. The maximum Gasteiger partial charge on any atom is 0.194 e. The molecule has 0 spiro atoms. The number of halogens is 3. The van der Waals surface area contributed by atoms with Gasteiger partial charge in [-0.15, -0.1) is 0 Å². The fraction of sp³-hybridized carbons (Fsp3) is 0. The Morgan fingerprint density at radius 2 is 1.68 bits per heavy atom. The zero-order valence-corrected chi connectivity index (χ0v) is 9.32. The number of rotatable bonds is 1. The van der Waals surface area contributed by atoms with Crippen LogP contribution in [0.4, 0.5) is 13.2 Å². The van der Waals surface area contributed by atoms with Crippen molar-refractivity contribution in [3.63, 3.8) is 0 Å². The Morgan fingerprint density at radius 3 is 2.37 bits per heavy atom. The van der Waals surface area contributed by atoms with Crippen molar-refractivity contribution in [3.8, 4) is 17.0 Å². The molecular weight excluding hydrogens is 259 g/mol. The predicted octanol–water partition coefficient (Wildman–Crippen LogP) is 3.62. The molecule has 19 heavy (non-hydrogen) atoms. The van der Waals surface area contributed by atoms with Crippen molar-refractivity contribution in [1.82, 2.24) is 5.16 Å². The predicted molar refractivity (Wildman–Crippen MR) is 61.0 cm³/mol. The molecule has 3 nitrogen and oxygen atoms in total. The van der Waals surface area contributed by atoms with Gasteiger partial charge in [-0.3, -0.25) is 0 Å². The molecule has 1 heterocycles. The monoisotopic (exact) mass is 265 g/mol. The molecule has 0 aliphatic rings. The smallest absolute Gasteiger partial charge is 0.194 e. The van der Waals surface area contributed by atoms with Gasteiger partial charge >= 0.3 is 0 Å². The number of phenols is 1. The highest BCUT2D eigenvalue weighted by Crippen LogP contribution is 2.31. The van der Waals surface area contributed by atoms with Crippen molar-refractivity contribution in [2.24, 2.45) is 0 Å². The summed E-state index contributed by atoms with van der Waals surface area (Å²) in [5.74, 6) is -4.16. The second kappa shape index (κ2) is 4.01. The summed E-state index contributed by atoms with van der Waals surface area (Å²) in [6, 6.07) is 5.88. The highest BCUT2D eigenvalue weighted by Gasteiger charge is 2.16. The maximum atomic E-state index is 13.2. The Kier molecular flexibility index (Phi) is 2.45. The first-order valence-electron chi connectivity index (χ1n) is 5.29. The van der Waals surface area contributed by atoms with Crippen LogP contribution in [0.3, 0.4) is 0 Å². The third-order valence-electron chi connectivity index (χ3n) is 2.71. The summed E-state index contributed by atoms with van der Waals surface area (Å²) in [6.07, 6.45) is 0. The molecule has 0 saturated heterocycles. The van der Waals surface area contributed by atoms with E-state index in [1.807, 2.05) is 0 Å². The van der Waals surface area contributed by atoms with E-state index in [0.29, 0.717) is 5.39 Å². The van der Waals surface area contributed by atoms with Crippen LogP contribution in [0, 0.1) is 17.5 Å². The van der Waals surface area contributed by atoms with Crippen molar-refractivity contribution in [2.45, 2.75) is 0 Å². The number of aromatic hydroxyl groups is 1. The zero-order chi connectivity index (χ0) is 13.6. The quantitative estimate of drug-likeness (QED) is 0.683. The van der Waals surface area contributed by atoms with Gasteiger partial charge in [0, 0.05) is 17.0 Å². The lowest BCUT2D eigenvalue weighted by atomic mass is 10.1. The molecule has 3 rings (SSSR count). The molecule has 3 aromatic rings. The second-order valence-electron chi connectivity index (χ2n) is 3.97. The molecule has 0 unspecified atom stereocenters. The Balaban J connectivity index is 2.25. The molecule has 0 aliphatic heterocycles. The number of hydrogen-bond donors (Lipinski definition) is 1. The van der Waals surface area contributed by atoms with E-state index in [0.717, 1.165) is 12.1 Å². The molecule has 0 bridgehead atoms. The van der Waals surface area contributed by atoms with E-state index in [4.69, 9.17) is 4.52 Å². The molecule has 96 valence electrons. The topological polar surface area (TPSA) is 46.3 Å². The SMILES string of the molecule is Oc1ccc2c(-c3cc(F)c(F)c(F)c3)noc2c1. The lowest BCUT2D eigenvalue weighted by Gasteiger charge is -2.00. The van der Waals surface area contributed by atoms with E-state index in [-0.39, 0.29) is 22.6 Å². The lowest BCUT2D eigenvalue weighted by molar-refractivity contribution is 0.445. The summed E-state index contributed by atoms with van der Waals surface area (Å²) in [5, 5.41) is 13.4. The van der Waals surface area contributed by atoms with E-state index >= 15 is 0 Å². The minimum absolute atomic E-state index is 0.0216. The van der Waals surface area contributed by atoms with Gasteiger partial charge in [-0.05, 0) is 24.3 Å². The summed E-state index contributed by atoms with van der Waals surface area (Å²) in [4.78, 5) is 0. The molecule has 6 heteroatoms. The van der Waals surface area contributed by atoms with Crippen molar-refractivity contribution < 1.29 is 22.8 Å². The van der Waals surface area contributed by atoms with E-state index in [1.54, 1.807) is 0 Å². The van der Waals surface area contributed by atoms with Gasteiger partial charge in [0.05, 0.1) is 0 Å². The van der Waals surface area contributed by atoms with E-state index in [2.05, 4.69) is 5.16 Å². The van der Waals surface area contributed by atoms with Crippen molar-refractivity contribution in [1.29, 1.82) is 0 Å². The Labute approximate surface area is 104 Å². The van der Waals surface area contributed by atoms with Crippen LogP contribution in [-0.2, 0) is 0 Å². The first-order chi connectivity index (χ1) is 9.06. The van der Waals surface area contributed by atoms with E-state index in [1.165, 1.54) is 18.2 Å². The van der Waals surface area contributed by atoms with Crippen molar-refractivity contribution >= 4 is 11.0 Å². The molecule has 1 aromatic heterocycles. The van der Waals surface area contributed by atoms with Crippen LogP contribution in [0.1, 0.15) is 0 Å². The number of nitrogens with zero attached hydrogens (tertiary/aromatic N) is 1. The van der Waals surface area contributed by atoms with Crippen LogP contribution in [0.15, 0.2) is 34.9 Å². The first-order valence-corrected chi connectivity index (χ1v) is 5.29. The van der Waals surface area contributed by atoms with Crippen LogP contribution in [-0.4, -0.2) is 10.3 Å². The number of benzene rings is 2. The van der Waals surface area contributed by atoms with Crippen LogP contribution in [0.2, 0.25) is 0 Å². The molecule has 0 aliphatic carbocycles. The minimum Gasteiger partial charge on any atom is -0.508 e. The summed E-state index contributed by atoms with van der Waals surface area (Å²) in [5.41, 5.74) is 0.494. The Bertz CT molecular complexity index is 760. The molecule has 0 radical (unpaired) electrons. The average Bonchev–Trinajstić information content (AvgIpc) is 2.78. The Hall–Kier alpha value is -2.50. The average molecular weight is 265 g/mol. The van der Waals surface area contributed by atoms with Crippen LogP contribution in [0.25, 0.3) is 22.2 Å². The molecular formula is C13H6F3NO2. The highest BCUT2D eigenvalue weighted by atomic mass is 19.2. The summed E-state index contributed by atoms with van der Waals surface area (Å²) >= 11 is 0. The van der Waals surface area contributed by atoms with Gasteiger partial charge in [0.2, 0.25) is 0 Å². The van der Waals surface area contributed by atoms with E-state index in [9.17, 15) is 18.3 Å². The number of hydrogen-bond acceptors (Lipinski definition) is 3. The highest BCUT2D eigenvalue weighted by molar-refractivity contribution is 5.92. The van der Waals surface area contributed by atoms with Gasteiger partial charge in [-0.2, -0.15) is 0 Å². The molecule has 0 atom stereocenters. The third kappa shape index (κ3) is 1.81. The summed E-state index contributed by atoms with van der Waals surface area (Å²) in [6.45, 7) is 0. The minimum atomic E-state index is -1.53. The van der Waals surface area contributed by atoms with Gasteiger partial charge in [0.1, 0.15) is 11.4 Å². The normalized spacial score (nSPS) is 11.1. The van der Waals surface area contributed by atoms with Gasteiger partial charge in [-0.25, -0.2) is 13.2 Å². The largest absolute Gasteiger partial charge is 0.508 e. The standard InChI is InChI=1S/C13H6F3NO2/c14-9-3-6(4-10(15)12(9)16)13-8-2-1-7(18)5-11(8)19-17-13/h1-5,18H. The zero-order valence-electron chi connectivity index (χ0n) is 9.32. The molecule has 0 fully saturated rings. The van der Waals surface area contributed by atoms with Crippen molar-refractivity contribution in [2.75, 3.05) is 0 Å². The second-order valence-corrected chi connectivity index (χ2v) is 3.97. The molecule has 1 N–H and O–H groups in total. The summed E-state index contributed by atoms with van der Waals surface area (Å²) in [7, 11) is 0. The van der Waals surface area contributed by atoms with Gasteiger partial charge < -0.3 is 9.63 Å². The maximum absolute atomic E-state index is 13.2. The van der Waals surface area contributed by atoms with Gasteiger partial charge in [0.15, 0.2) is 23.0 Å².